The number of unbranched alkanes of at least 4 members (excludes halogenated alkanes) is 17. The Morgan fingerprint density at radius 2 is 1.03 bits per heavy atom. The highest BCUT2D eigenvalue weighted by Crippen LogP contribution is 2.38. The van der Waals surface area contributed by atoms with Crippen LogP contribution in [0.25, 0.3) is 0 Å². The number of allylic oxidation sites excluding steroid dienone is 12. The quantitative estimate of drug-likeness (QED) is 0.0274. The molecule has 3 unspecified atom stereocenters. The molecule has 8 nitrogen and oxygen atoms in total. The Morgan fingerprint density at radius 1 is 0.610 bits per heavy atom. The van der Waals surface area contributed by atoms with Crippen LogP contribution in [-0.4, -0.2) is 68.5 Å². The second-order valence-corrected chi connectivity index (χ2v) is 18.5. The molecule has 0 aliphatic heterocycles. The number of aliphatic hydroxyl groups excluding tert-OH is 1. The third-order valence-corrected chi connectivity index (χ3v) is 11.2. The lowest BCUT2D eigenvalue weighted by Gasteiger charge is -2.30. The van der Waals surface area contributed by atoms with Crippen LogP contribution in [0, 0.1) is 0 Å². The van der Waals surface area contributed by atoms with Crippen LogP contribution in [0.2, 0.25) is 0 Å². The summed E-state index contributed by atoms with van der Waals surface area (Å²) in [6, 6.07) is -0.827. The maximum absolute atomic E-state index is 12.9. The second kappa shape index (κ2) is 41.3. The maximum Gasteiger partial charge on any atom is 0.268 e. The molecule has 0 fully saturated rings. The van der Waals surface area contributed by atoms with Crippen LogP contribution in [0.5, 0.6) is 0 Å². The normalized spacial score (nSPS) is 14.9. The molecule has 1 amide bonds. The first-order valence-corrected chi connectivity index (χ1v) is 25.2. The van der Waals surface area contributed by atoms with Gasteiger partial charge in [-0.05, 0) is 64.2 Å². The maximum atomic E-state index is 12.9. The number of nitrogens with zero attached hydrogens (tertiary/aromatic N) is 1. The van der Waals surface area contributed by atoms with Gasteiger partial charge in [-0.3, -0.25) is 9.36 Å². The molecule has 0 saturated heterocycles. The van der Waals surface area contributed by atoms with Crippen LogP contribution in [0.3, 0.4) is 0 Å². The van der Waals surface area contributed by atoms with Gasteiger partial charge in [0.1, 0.15) is 13.2 Å². The minimum absolute atomic E-state index is 0.000183. The number of hydrogen-bond acceptors (Lipinski definition) is 6. The van der Waals surface area contributed by atoms with Gasteiger partial charge in [-0.1, -0.05) is 189 Å². The van der Waals surface area contributed by atoms with Crippen LogP contribution in [0.15, 0.2) is 72.9 Å². The van der Waals surface area contributed by atoms with Gasteiger partial charge in [0.15, 0.2) is 0 Å². The number of nitrogens with one attached hydrogen (secondary N) is 1. The van der Waals surface area contributed by atoms with E-state index in [9.17, 15) is 19.4 Å². The smallest absolute Gasteiger partial charge is 0.268 e. The topological polar surface area (TPSA) is 108 Å². The van der Waals surface area contributed by atoms with Gasteiger partial charge in [0, 0.05) is 6.42 Å². The number of carbonyl (C=O) groups is 1. The zero-order valence-electron chi connectivity index (χ0n) is 38.7. The van der Waals surface area contributed by atoms with Crippen molar-refractivity contribution in [2.45, 2.75) is 199 Å². The number of quaternary nitrogens is 1. The van der Waals surface area contributed by atoms with Gasteiger partial charge in [-0.15, -0.1) is 0 Å². The fourth-order valence-electron chi connectivity index (χ4n) is 6.45. The van der Waals surface area contributed by atoms with E-state index in [0.29, 0.717) is 30.3 Å². The van der Waals surface area contributed by atoms with Crippen molar-refractivity contribution in [2.75, 3.05) is 40.9 Å². The number of likely N-dealkylation sites (N-methyl/N-ethyl adjacent to an activating group) is 1. The first-order chi connectivity index (χ1) is 28.5. The average Bonchev–Trinajstić information content (AvgIpc) is 3.19. The molecule has 0 rings (SSSR count). The Balaban J connectivity index is 4.43. The predicted octanol–water partition coefficient (Wildman–Crippen LogP) is 12.9. The average molecular weight is 847 g/mol. The summed E-state index contributed by atoms with van der Waals surface area (Å²) in [5, 5.41) is 13.9. The number of phosphoric acid groups is 1. The van der Waals surface area contributed by atoms with Crippen LogP contribution < -0.4 is 10.2 Å². The SMILES string of the molecule is CC/C=C\C/C=C\C/C=C\C/C=C\C/C=C\C/C=C\CCCCC(=O)NC(COP(=O)([O-])OCC[N+](C)(C)C)C(O)CCCCCCCCCCCCCCCCCC. The Hall–Kier alpha value is -2.06. The minimum atomic E-state index is -4.58. The van der Waals surface area contributed by atoms with E-state index in [1.165, 1.54) is 83.5 Å². The molecule has 0 aliphatic rings. The summed E-state index contributed by atoms with van der Waals surface area (Å²) in [6.07, 6.45) is 54.8. The largest absolute Gasteiger partial charge is 0.756 e. The van der Waals surface area contributed by atoms with Gasteiger partial charge in [-0.2, -0.15) is 0 Å². The van der Waals surface area contributed by atoms with Crippen molar-refractivity contribution in [1.29, 1.82) is 0 Å². The van der Waals surface area contributed by atoms with Crippen LogP contribution in [0.1, 0.15) is 187 Å². The first kappa shape index (κ1) is 56.9. The summed E-state index contributed by atoms with van der Waals surface area (Å²) in [4.78, 5) is 25.4. The molecule has 3 atom stereocenters. The summed E-state index contributed by atoms with van der Waals surface area (Å²) >= 11 is 0. The van der Waals surface area contributed by atoms with Crippen molar-refractivity contribution >= 4 is 13.7 Å². The Bertz CT molecular complexity index is 1190. The van der Waals surface area contributed by atoms with Gasteiger partial charge in [-0.25, -0.2) is 0 Å². The van der Waals surface area contributed by atoms with E-state index in [1.54, 1.807) is 0 Å². The van der Waals surface area contributed by atoms with E-state index >= 15 is 0 Å². The molecule has 0 saturated carbocycles. The standard InChI is InChI=1S/C50H91N2O6P/c1-6-8-10-12-14-16-18-20-22-24-25-26-27-28-30-32-34-36-38-40-42-44-50(54)51-48(47-58-59(55,56)57-46-45-52(3,4)5)49(53)43-41-39-37-35-33-31-29-23-21-19-17-15-13-11-9-7-2/h8,10,14,16,20,22,25-26,28,30,34,36,48-49,53H,6-7,9,11-13,15,17-19,21,23-24,27,29,31-33,35,37-47H2,1-5H3,(H-,51,54,55,56)/b10-8-,16-14-,22-20-,26-25-,30-28-,36-34-. The molecule has 0 aromatic carbocycles. The number of phosphoric ester groups is 1. The van der Waals surface area contributed by atoms with E-state index in [-0.39, 0.29) is 19.1 Å². The molecule has 342 valence electrons. The van der Waals surface area contributed by atoms with Crippen LogP contribution in [0.4, 0.5) is 0 Å². The zero-order chi connectivity index (χ0) is 43.6. The van der Waals surface area contributed by atoms with E-state index < -0.39 is 20.0 Å². The lowest BCUT2D eigenvalue weighted by molar-refractivity contribution is -0.870. The molecule has 2 N–H and O–H groups in total. The number of aliphatic hydroxyl groups is 1. The molecule has 0 heterocycles. The molecule has 9 heteroatoms. The molecule has 0 bridgehead atoms. The van der Waals surface area contributed by atoms with Crippen molar-refractivity contribution in [2.24, 2.45) is 0 Å². The van der Waals surface area contributed by atoms with Crippen LogP contribution in [-0.2, 0) is 18.4 Å². The van der Waals surface area contributed by atoms with Gasteiger partial charge in [0.05, 0.1) is 39.9 Å². The number of carbonyl (C=O) groups excluding carboxylic acids is 1. The predicted molar refractivity (Wildman–Crippen MR) is 251 cm³/mol. The zero-order valence-corrected chi connectivity index (χ0v) is 39.6. The molecule has 0 radical (unpaired) electrons. The second-order valence-electron chi connectivity index (χ2n) is 17.1. The van der Waals surface area contributed by atoms with Gasteiger partial charge in [0.2, 0.25) is 5.91 Å². The number of hydrogen-bond donors (Lipinski definition) is 2. The number of rotatable bonds is 42. The summed E-state index contributed by atoms with van der Waals surface area (Å²) in [6.45, 7) is 4.56. The molecule has 0 aromatic rings. The fourth-order valence-corrected chi connectivity index (χ4v) is 7.18. The molecule has 0 aliphatic carbocycles. The Kier molecular flexibility index (Phi) is 39.9. The van der Waals surface area contributed by atoms with Crippen molar-refractivity contribution in [3.05, 3.63) is 72.9 Å². The molecular formula is C50H91N2O6P. The monoisotopic (exact) mass is 847 g/mol. The van der Waals surface area contributed by atoms with E-state index in [1.807, 2.05) is 21.1 Å². The van der Waals surface area contributed by atoms with Crippen LogP contribution >= 0.6 is 7.82 Å². The highest BCUT2D eigenvalue weighted by atomic mass is 31.2. The third-order valence-electron chi connectivity index (χ3n) is 10.2. The molecule has 59 heavy (non-hydrogen) atoms. The van der Waals surface area contributed by atoms with Crippen molar-refractivity contribution in [3.8, 4) is 0 Å². The van der Waals surface area contributed by atoms with Crippen molar-refractivity contribution in [3.63, 3.8) is 0 Å². The lowest BCUT2D eigenvalue weighted by atomic mass is 10.0. The van der Waals surface area contributed by atoms with E-state index in [0.717, 1.165) is 70.6 Å². The number of amides is 1. The summed E-state index contributed by atoms with van der Waals surface area (Å²) < 4.78 is 23.3. The van der Waals surface area contributed by atoms with Crippen molar-refractivity contribution < 1.29 is 32.9 Å². The fraction of sp³-hybridized carbons (Fsp3) is 0.740. The molecule has 0 aromatic heterocycles. The van der Waals surface area contributed by atoms with E-state index in [2.05, 4.69) is 92.1 Å². The highest BCUT2D eigenvalue weighted by molar-refractivity contribution is 7.45. The van der Waals surface area contributed by atoms with Gasteiger partial charge in [0.25, 0.3) is 7.82 Å². The summed E-state index contributed by atoms with van der Waals surface area (Å²) in [5.74, 6) is -0.209. The molecular weight excluding hydrogens is 756 g/mol. The van der Waals surface area contributed by atoms with Gasteiger partial charge >= 0.3 is 0 Å². The lowest BCUT2D eigenvalue weighted by Crippen LogP contribution is -2.46. The van der Waals surface area contributed by atoms with E-state index in [4.69, 9.17) is 9.05 Å². The Morgan fingerprint density at radius 3 is 1.47 bits per heavy atom. The summed E-state index contributed by atoms with van der Waals surface area (Å²) in [7, 11) is 1.26. The minimum Gasteiger partial charge on any atom is -0.756 e. The van der Waals surface area contributed by atoms with Gasteiger partial charge < -0.3 is 28.8 Å². The molecule has 0 spiro atoms. The van der Waals surface area contributed by atoms with Crippen molar-refractivity contribution in [1.82, 2.24) is 5.32 Å². The Labute approximate surface area is 364 Å². The summed E-state index contributed by atoms with van der Waals surface area (Å²) in [5.41, 5.74) is 0. The first-order valence-electron chi connectivity index (χ1n) is 23.8. The third kappa shape index (κ3) is 43.8. The highest BCUT2D eigenvalue weighted by Gasteiger charge is 2.24.